The lowest BCUT2D eigenvalue weighted by molar-refractivity contribution is 0.130. The zero-order valence-electron chi connectivity index (χ0n) is 12.1. The van der Waals surface area contributed by atoms with E-state index >= 15 is 0 Å². The second-order valence-electron chi connectivity index (χ2n) is 6.82. The van der Waals surface area contributed by atoms with E-state index in [4.69, 9.17) is 0 Å². The fraction of sp³-hybridized carbons (Fsp3) is 0.625. The zero-order chi connectivity index (χ0) is 13.9. The van der Waals surface area contributed by atoms with Crippen LogP contribution in [0, 0.1) is 30.6 Å². The number of hydrogen-bond donors (Lipinski definition) is 1. The first-order chi connectivity index (χ1) is 8.10. The van der Waals surface area contributed by atoms with Gasteiger partial charge in [0, 0.05) is 10.4 Å². The van der Waals surface area contributed by atoms with Crippen molar-refractivity contribution < 1.29 is 5.11 Å². The second-order valence-corrected chi connectivity index (χ2v) is 7.68. The molecule has 0 aromatic heterocycles. The van der Waals surface area contributed by atoms with E-state index in [-0.39, 0.29) is 16.9 Å². The molecule has 1 aliphatic carbocycles. The highest BCUT2D eigenvalue weighted by Crippen LogP contribution is 2.72. The van der Waals surface area contributed by atoms with Gasteiger partial charge in [-0.3, -0.25) is 0 Å². The van der Waals surface area contributed by atoms with Gasteiger partial charge in [-0.2, -0.15) is 0 Å². The van der Waals surface area contributed by atoms with E-state index in [2.05, 4.69) is 69.6 Å². The summed E-state index contributed by atoms with van der Waals surface area (Å²) in [6.45, 7) is 13.2. The zero-order valence-corrected chi connectivity index (χ0v) is 13.7. The van der Waals surface area contributed by atoms with Gasteiger partial charge in [0.15, 0.2) is 0 Å². The number of halogens is 1. The lowest BCUT2D eigenvalue weighted by Crippen LogP contribution is -2.08. The normalized spacial score (nSPS) is 22.9. The van der Waals surface area contributed by atoms with Crippen molar-refractivity contribution in [2.45, 2.75) is 47.6 Å². The van der Waals surface area contributed by atoms with Gasteiger partial charge >= 0.3 is 0 Å². The van der Waals surface area contributed by atoms with E-state index in [1.165, 1.54) is 11.1 Å². The van der Waals surface area contributed by atoms with Crippen LogP contribution in [0.1, 0.15) is 50.5 Å². The van der Waals surface area contributed by atoms with Crippen LogP contribution in [0.4, 0.5) is 0 Å². The van der Waals surface area contributed by atoms with Crippen LogP contribution in [-0.2, 0) is 0 Å². The van der Waals surface area contributed by atoms with Gasteiger partial charge in [0.2, 0.25) is 0 Å². The van der Waals surface area contributed by atoms with Crippen LogP contribution < -0.4 is 0 Å². The summed E-state index contributed by atoms with van der Waals surface area (Å²) in [5, 5.41) is 10.7. The molecule has 0 saturated heterocycles. The van der Waals surface area contributed by atoms with Crippen LogP contribution in [0.2, 0.25) is 0 Å². The molecule has 0 aliphatic heterocycles. The third-order valence-electron chi connectivity index (χ3n) is 5.31. The molecule has 1 nitrogen and oxygen atoms in total. The van der Waals surface area contributed by atoms with Crippen LogP contribution in [-0.4, -0.2) is 5.11 Å². The Balaban J connectivity index is 2.37. The van der Waals surface area contributed by atoms with E-state index in [0.29, 0.717) is 5.92 Å². The van der Waals surface area contributed by atoms with Crippen molar-refractivity contribution in [1.29, 1.82) is 0 Å². The molecule has 1 saturated carbocycles. The van der Waals surface area contributed by atoms with Crippen LogP contribution in [0.3, 0.4) is 0 Å². The van der Waals surface area contributed by atoms with Gasteiger partial charge in [-0.05, 0) is 47.4 Å². The molecule has 1 aliphatic rings. The summed E-state index contributed by atoms with van der Waals surface area (Å²) in [4.78, 5) is 0. The average Bonchev–Trinajstić information content (AvgIpc) is 2.62. The number of benzene rings is 1. The van der Waals surface area contributed by atoms with E-state index in [0.717, 1.165) is 10.0 Å². The molecule has 1 unspecified atom stereocenters. The van der Waals surface area contributed by atoms with Gasteiger partial charge in [0.1, 0.15) is 0 Å². The molecule has 1 atom stereocenters. The lowest BCUT2D eigenvalue weighted by atomic mass is 9.94. The first-order valence-electron chi connectivity index (χ1n) is 6.55. The van der Waals surface area contributed by atoms with E-state index in [9.17, 15) is 5.11 Å². The quantitative estimate of drug-likeness (QED) is 0.833. The van der Waals surface area contributed by atoms with Gasteiger partial charge in [-0.15, -0.1) is 0 Å². The highest BCUT2D eigenvalue weighted by Gasteiger charge is 2.67. The lowest BCUT2D eigenvalue weighted by Gasteiger charge is -2.17. The SMILES string of the molecule is Cc1cc(C(O)C2C(C)(C)C2(C)C)c(C)cc1Br. The van der Waals surface area contributed by atoms with Crippen molar-refractivity contribution in [3.8, 4) is 0 Å². The van der Waals surface area contributed by atoms with Crippen molar-refractivity contribution in [2.24, 2.45) is 16.7 Å². The molecule has 0 radical (unpaired) electrons. The summed E-state index contributed by atoms with van der Waals surface area (Å²) >= 11 is 3.55. The molecule has 1 N–H and O–H groups in total. The Kier molecular flexibility index (Phi) is 3.19. The largest absolute Gasteiger partial charge is 0.388 e. The van der Waals surface area contributed by atoms with Crippen molar-refractivity contribution in [3.05, 3.63) is 33.3 Å². The summed E-state index contributed by atoms with van der Waals surface area (Å²) < 4.78 is 1.12. The highest BCUT2D eigenvalue weighted by atomic mass is 79.9. The van der Waals surface area contributed by atoms with Crippen LogP contribution in [0.15, 0.2) is 16.6 Å². The maximum atomic E-state index is 10.7. The first-order valence-corrected chi connectivity index (χ1v) is 7.34. The van der Waals surface area contributed by atoms with Crippen molar-refractivity contribution in [2.75, 3.05) is 0 Å². The molecule has 2 heteroatoms. The van der Waals surface area contributed by atoms with Crippen LogP contribution in [0.5, 0.6) is 0 Å². The topological polar surface area (TPSA) is 20.2 Å². The maximum absolute atomic E-state index is 10.7. The molecule has 0 heterocycles. The summed E-state index contributed by atoms with van der Waals surface area (Å²) in [7, 11) is 0. The van der Waals surface area contributed by atoms with Crippen LogP contribution >= 0.6 is 15.9 Å². The highest BCUT2D eigenvalue weighted by molar-refractivity contribution is 9.10. The average molecular weight is 311 g/mol. The third kappa shape index (κ3) is 1.85. The molecule has 1 aromatic carbocycles. The Morgan fingerprint density at radius 1 is 1.06 bits per heavy atom. The van der Waals surface area contributed by atoms with Gasteiger partial charge < -0.3 is 5.11 Å². The first kappa shape index (κ1) is 14.1. The Morgan fingerprint density at radius 2 is 1.56 bits per heavy atom. The predicted molar refractivity (Wildman–Crippen MR) is 79.6 cm³/mol. The number of hydrogen-bond acceptors (Lipinski definition) is 1. The Morgan fingerprint density at radius 3 is 2.00 bits per heavy atom. The number of aryl methyl sites for hydroxylation is 2. The molecule has 0 bridgehead atoms. The molecule has 0 spiro atoms. The van der Waals surface area contributed by atoms with Crippen molar-refractivity contribution >= 4 is 15.9 Å². The third-order valence-corrected chi connectivity index (χ3v) is 6.17. The predicted octanol–water partition coefficient (Wildman–Crippen LogP) is 4.78. The van der Waals surface area contributed by atoms with Gasteiger partial charge in [-0.1, -0.05) is 49.7 Å². The number of aliphatic hydroxyl groups excluding tert-OH is 1. The smallest absolute Gasteiger partial charge is 0.0831 e. The van der Waals surface area contributed by atoms with Gasteiger partial charge in [0.25, 0.3) is 0 Å². The van der Waals surface area contributed by atoms with Crippen molar-refractivity contribution in [3.63, 3.8) is 0 Å². The minimum absolute atomic E-state index is 0.208. The molecule has 18 heavy (non-hydrogen) atoms. The molecular weight excluding hydrogens is 288 g/mol. The molecule has 1 aromatic rings. The van der Waals surface area contributed by atoms with Gasteiger partial charge in [0.05, 0.1) is 6.10 Å². The minimum atomic E-state index is -0.359. The Labute approximate surface area is 119 Å². The summed E-state index contributed by atoms with van der Waals surface area (Å²) in [6.07, 6.45) is -0.359. The number of rotatable bonds is 2. The maximum Gasteiger partial charge on any atom is 0.0831 e. The van der Waals surface area contributed by atoms with Crippen molar-refractivity contribution in [1.82, 2.24) is 0 Å². The summed E-state index contributed by atoms with van der Waals surface area (Å²) in [5.74, 6) is 0.337. The Hall–Kier alpha value is -0.340. The van der Waals surface area contributed by atoms with E-state index < -0.39 is 0 Å². The monoisotopic (exact) mass is 310 g/mol. The molecular formula is C16H23BrO. The van der Waals surface area contributed by atoms with Crippen LogP contribution in [0.25, 0.3) is 0 Å². The minimum Gasteiger partial charge on any atom is -0.388 e. The molecule has 1 fully saturated rings. The molecule has 0 amide bonds. The number of aliphatic hydroxyl groups is 1. The summed E-state index contributed by atoms with van der Waals surface area (Å²) in [5.41, 5.74) is 3.85. The molecule has 100 valence electrons. The van der Waals surface area contributed by atoms with E-state index in [1.54, 1.807) is 0 Å². The standard InChI is InChI=1S/C16H23BrO/c1-9-8-12(17)10(2)7-11(9)13(18)14-15(3,4)16(14,5)6/h7-8,13-14,18H,1-6H3. The fourth-order valence-corrected chi connectivity index (χ4v) is 3.80. The Bertz CT molecular complexity index is 474. The summed E-state index contributed by atoms with van der Waals surface area (Å²) in [6, 6.07) is 4.23. The van der Waals surface area contributed by atoms with E-state index in [1.807, 2.05) is 0 Å². The van der Waals surface area contributed by atoms with Gasteiger partial charge in [-0.25, -0.2) is 0 Å². The fourth-order valence-electron chi connectivity index (χ4n) is 3.34. The second kappa shape index (κ2) is 4.08. The molecule has 2 rings (SSSR count).